The number of ether oxygens (including phenoxy) is 1. The minimum absolute atomic E-state index is 0.244. The Morgan fingerprint density at radius 2 is 2.47 bits per heavy atom. The van der Waals surface area contributed by atoms with Gasteiger partial charge in [0, 0.05) is 12.0 Å². The van der Waals surface area contributed by atoms with Crippen LogP contribution in [-0.2, 0) is 4.74 Å². The normalized spacial score (nSPS) is 52.3. The van der Waals surface area contributed by atoms with Gasteiger partial charge in [0.15, 0.2) is 0 Å². The van der Waals surface area contributed by atoms with Gasteiger partial charge in [0.2, 0.25) is 0 Å². The van der Waals surface area contributed by atoms with Crippen molar-refractivity contribution in [2.75, 3.05) is 0 Å². The molecule has 0 aromatic rings. The second-order valence-electron chi connectivity index (χ2n) is 6.17. The lowest BCUT2D eigenvalue weighted by atomic mass is 9.67. The third kappa shape index (κ3) is 0.657. The van der Waals surface area contributed by atoms with Gasteiger partial charge in [-0.1, -0.05) is 19.6 Å². The summed E-state index contributed by atoms with van der Waals surface area (Å²) in [6.45, 7) is 6.59. The van der Waals surface area contributed by atoms with E-state index in [1.807, 2.05) is 0 Å². The van der Waals surface area contributed by atoms with Crippen molar-refractivity contribution in [1.82, 2.24) is 5.32 Å². The predicted molar refractivity (Wildman–Crippen MR) is 65.4 cm³/mol. The van der Waals surface area contributed by atoms with E-state index in [1.165, 1.54) is 36.2 Å². The number of hydrogen-bond acceptors (Lipinski definition) is 2. The van der Waals surface area contributed by atoms with E-state index >= 15 is 0 Å². The van der Waals surface area contributed by atoms with Crippen molar-refractivity contribution in [2.45, 2.75) is 50.3 Å². The molecule has 2 heteroatoms. The summed E-state index contributed by atoms with van der Waals surface area (Å²) in [6, 6.07) is 0.598. The first-order chi connectivity index (χ1) is 8.24. The molecule has 17 heavy (non-hydrogen) atoms. The fourth-order valence-electron chi connectivity index (χ4n) is 5.07. The van der Waals surface area contributed by atoms with Crippen molar-refractivity contribution < 1.29 is 4.74 Å². The van der Waals surface area contributed by atoms with Crippen LogP contribution in [0.3, 0.4) is 0 Å². The fraction of sp³-hybridized carbons (Fsp3) is 0.600. The Labute approximate surface area is 101 Å². The van der Waals surface area contributed by atoms with Crippen LogP contribution < -0.4 is 5.32 Å². The molecule has 4 atom stereocenters. The Morgan fingerprint density at radius 3 is 3.29 bits per heavy atom. The summed E-state index contributed by atoms with van der Waals surface area (Å²) in [5, 5.41) is 3.69. The second kappa shape index (κ2) is 2.26. The molecule has 5 rings (SSSR count). The van der Waals surface area contributed by atoms with E-state index in [9.17, 15) is 0 Å². The molecular formula is C15H17NO. The molecule has 4 unspecified atom stereocenters. The number of allylic oxidation sites excluding steroid dienone is 2. The highest BCUT2D eigenvalue weighted by Crippen LogP contribution is 2.76. The topological polar surface area (TPSA) is 31.2 Å². The zero-order valence-electron chi connectivity index (χ0n) is 10.2. The van der Waals surface area contributed by atoms with Crippen molar-refractivity contribution in [1.29, 1.82) is 0 Å². The van der Waals surface area contributed by atoms with Crippen LogP contribution in [0.15, 0.2) is 35.1 Å². The van der Waals surface area contributed by atoms with Gasteiger partial charge in [-0.05, 0) is 30.4 Å². The molecule has 5 aliphatic rings. The van der Waals surface area contributed by atoms with E-state index in [-0.39, 0.29) is 11.0 Å². The van der Waals surface area contributed by atoms with Gasteiger partial charge in [-0.2, -0.15) is 0 Å². The molecular weight excluding hydrogens is 210 g/mol. The minimum atomic E-state index is 0.244. The van der Waals surface area contributed by atoms with E-state index in [1.54, 1.807) is 5.57 Å². The summed E-state index contributed by atoms with van der Waals surface area (Å²) in [7, 11) is 0. The SMILES string of the molecule is C=C1C2=C(CC)OC3CCC=C4C5NC15CC423. The molecule has 88 valence electrons. The zero-order valence-corrected chi connectivity index (χ0v) is 10.2. The molecule has 2 nitrogen and oxygen atoms in total. The maximum Gasteiger partial charge on any atom is 0.112 e. The molecule has 3 fully saturated rings. The standard InChI is InChI=1S/C15H17NO/c1-3-10-12-8(2)15-7-14(12)9(13(15)16-15)5-4-6-11(14)17-10/h5,11,13,16H,2-4,6-7H2,1H3. The van der Waals surface area contributed by atoms with Crippen LogP contribution in [0.25, 0.3) is 0 Å². The van der Waals surface area contributed by atoms with Gasteiger partial charge < -0.3 is 4.74 Å². The predicted octanol–water partition coefficient (Wildman–Crippen LogP) is 2.44. The Hall–Kier alpha value is -1.02. The molecule has 0 aromatic carbocycles. The maximum absolute atomic E-state index is 6.26. The van der Waals surface area contributed by atoms with Crippen molar-refractivity contribution in [3.05, 3.63) is 35.1 Å². The molecule has 2 aliphatic heterocycles. The molecule has 2 heterocycles. The lowest BCUT2D eigenvalue weighted by molar-refractivity contribution is 0.0619. The zero-order chi connectivity index (χ0) is 11.4. The van der Waals surface area contributed by atoms with E-state index in [4.69, 9.17) is 4.74 Å². The molecule has 0 radical (unpaired) electrons. The van der Waals surface area contributed by atoms with Crippen LogP contribution in [0, 0.1) is 5.41 Å². The molecule has 1 saturated heterocycles. The lowest BCUT2D eigenvalue weighted by Gasteiger charge is -2.36. The van der Waals surface area contributed by atoms with Crippen LogP contribution in [-0.4, -0.2) is 17.7 Å². The molecule has 0 aromatic heterocycles. The van der Waals surface area contributed by atoms with Gasteiger partial charge in [-0.25, -0.2) is 0 Å². The van der Waals surface area contributed by atoms with Crippen LogP contribution in [0.2, 0.25) is 0 Å². The van der Waals surface area contributed by atoms with Crippen molar-refractivity contribution in [2.24, 2.45) is 5.41 Å². The summed E-state index contributed by atoms with van der Waals surface area (Å²) in [5.41, 5.74) is 4.96. The average Bonchev–Trinajstić information content (AvgIpc) is 2.76. The van der Waals surface area contributed by atoms with E-state index < -0.39 is 0 Å². The number of hydrogen-bond donors (Lipinski definition) is 1. The Morgan fingerprint density at radius 1 is 1.59 bits per heavy atom. The van der Waals surface area contributed by atoms with Gasteiger partial charge in [-0.15, -0.1) is 0 Å². The van der Waals surface area contributed by atoms with Gasteiger partial charge >= 0.3 is 0 Å². The largest absolute Gasteiger partial charge is 0.493 e. The first-order valence-electron chi connectivity index (χ1n) is 6.82. The van der Waals surface area contributed by atoms with Gasteiger partial charge in [0.05, 0.1) is 17.0 Å². The summed E-state index contributed by atoms with van der Waals surface area (Å²) >= 11 is 0. The second-order valence-corrected chi connectivity index (χ2v) is 6.17. The van der Waals surface area contributed by atoms with Crippen LogP contribution in [0.1, 0.15) is 32.6 Å². The Bertz CT molecular complexity index is 543. The third-order valence-electron chi connectivity index (χ3n) is 5.71. The van der Waals surface area contributed by atoms with Crippen LogP contribution in [0.5, 0.6) is 0 Å². The van der Waals surface area contributed by atoms with Crippen molar-refractivity contribution in [3.63, 3.8) is 0 Å². The molecule has 2 bridgehead atoms. The molecule has 0 amide bonds. The quantitative estimate of drug-likeness (QED) is 0.551. The monoisotopic (exact) mass is 227 g/mol. The van der Waals surface area contributed by atoms with Crippen molar-refractivity contribution in [3.8, 4) is 0 Å². The molecule has 3 aliphatic carbocycles. The average molecular weight is 227 g/mol. The number of fused-ring (bicyclic) bond motifs is 1. The van der Waals surface area contributed by atoms with Crippen LogP contribution in [0.4, 0.5) is 0 Å². The summed E-state index contributed by atoms with van der Waals surface area (Å²) in [5.74, 6) is 1.23. The smallest absolute Gasteiger partial charge is 0.112 e. The highest BCUT2D eigenvalue weighted by Gasteiger charge is 2.80. The number of rotatable bonds is 1. The Kier molecular flexibility index (Phi) is 1.19. The summed E-state index contributed by atoms with van der Waals surface area (Å²) < 4.78 is 6.26. The summed E-state index contributed by atoms with van der Waals surface area (Å²) in [4.78, 5) is 0. The Balaban J connectivity index is 1.85. The highest BCUT2D eigenvalue weighted by atomic mass is 16.5. The first kappa shape index (κ1) is 8.98. The van der Waals surface area contributed by atoms with Gasteiger partial charge in [0.25, 0.3) is 0 Å². The van der Waals surface area contributed by atoms with Gasteiger partial charge in [-0.3, -0.25) is 5.32 Å². The maximum atomic E-state index is 6.26. The lowest BCUT2D eigenvalue weighted by Crippen LogP contribution is -2.37. The minimum Gasteiger partial charge on any atom is -0.493 e. The number of nitrogens with one attached hydrogen (secondary N) is 1. The van der Waals surface area contributed by atoms with E-state index in [2.05, 4.69) is 24.9 Å². The van der Waals surface area contributed by atoms with Crippen LogP contribution >= 0.6 is 0 Å². The third-order valence-corrected chi connectivity index (χ3v) is 5.71. The number of piperidine rings is 1. The highest BCUT2D eigenvalue weighted by molar-refractivity contribution is 5.72. The fourth-order valence-corrected chi connectivity index (χ4v) is 5.07. The first-order valence-corrected chi connectivity index (χ1v) is 6.82. The van der Waals surface area contributed by atoms with E-state index in [0.29, 0.717) is 12.1 Å². The summed E-state index contributed by atoms with van der Waals surface area (Å²) in [6.07, 6.45) is 7.51. The molecule has 2 saturated carbocycles. The van der Waals surface area contributed by atoms with E-state index in [0.717, 1.165) is 6.42 Å². The van der Waals surface area contributed by atoms with Crippen molar-refractivity contribution >= 4 is 0 Å². The molecule has 2 spiro atoms. The molecule has 1 N–H and O–H groups in total. The van der Waals surface area contributed by atoms with Gasteiger partial charge in [0.1, 0.15) is 11.9 Å².